The van der Waals surface area contributed by atoms with Crippen LogP contribution in [0.4, 0.5) is 14.5 Å². The molecular weight excluding hydrogens is 376 g/mol. The number of ether oxygens (including phenoxy) is 1. The van der Waals surface area contributed by atoms with Crippen LogP contribution >= 0.6 is 11.8 Å². The van der Waals surface area contributed by atoms with E-state index in [1.165, 1.54) is 36.9 Å². The van der Waals surface area contributed by atoms with E-state index in [1.807, 2.05) is 0 Å². The van der Waals surface area contributed by atoms with Gasteiger partial charge in [0.15, 0.2) is 24.0 Å². The fraction of sp³-hybridized carbons (Fsp3) is 0.211. The van der Waals surface area contributed by atoms with Crippen LogP contribution in [0.5, 0.6) is 0 Å². The van der Waals surface area contributed by atoms with Crippen LogP contribution in [0.3, 0.4) is 0 Å². The van der Waals surface area contributed by atoms with Gasteiger partial charge in [0.25, 0.3) is 0 Å². The lowest BCUT2D eigenvalue weighted by molar-refractivity contribution is -0.142. The van der Waals surface area contributed by atoms with Crippen molar-refractivity contribution in [3.05, 3.63) is 59.7 Å². The topological polar surface area (TPSA) is 72.5 Å². The van der Waals surface area contributed by atoms with Crippen molar-refractivity contribution >= 4 is 35.1 Å². The standard InChI is InChI=1S/C19H17F2NO4S/c1-12(23)22-14-4-2-13(3-5-14)18(24)11-26-19(25)8-9-27-15-6-7-16(20)17(21)10-15/h2-7,10H,8-9,11H2,1H3,(H,22,23). The molecule has 0 aliphatic rings. The molecule has 8 heteroatoms. The minimum Gasteiger partial charge on any atom is -0.457 e. The monoisotopic (exact) mass is 393 g/mol. The normalized spacial score (nSPS) is 10.3. The first-order chi connectivity index (χ1) is 12.8. The number of hydrogen-bond acceptors (Lipinski definition) is 5. The fourth-order valence-electron chi connectivity index (χ4n) is 2.06. The Morgan fingerprint density at radius 1 is 1.04 bits per heavy atom. The van der Waals surface area contributed by atoms with Gasteiger partial charge in [-0.1, -0.05) is 0 Å². The van der Waals surface area contributed by atoms with Gasteiger partial charge in [-0.15, -0.1) is 11.8 Å². The Morgan fingerprint density at radius 2 is 1.74 bits per heavy atom. The summed E-state index contributed by atoms with van der Waals surface area (Å²) in [5.74, 6) is -2.72. The van der Waals surface area contributed by atoms with Crippen LogP contribution in [0.15, 0.2) is 47.4 Å². The quantitative estimate of drug-likeness (QED) is 0.419. The number of amides is 1. The summed E-state index contributed by atoms with van der Waals surface area (Å²) in [5.41, 5.74) is 0.915. The molecule has 142 valence electrons. The van der Waals surface area contributed by atoms with Crippen LogP contribution in [0.25, 0.3) is 0 Å². The molecule has 0 spiro atoms. The number of halogens is 2. The Labute approximate surface area is 159 Å². The average Bonchev–Trinajstić information content (AvgIpc) is 2.63. The third kappa shape index (κ3) is 6.82. The van der Waals surface area contributed by atoms with E-state index in [0.717, 1.165) is 12.1 Å². The van der Waals surface area contributed by atoms with E-state index in [1.54, 1.807) is 12.1 Å². The van der Waals surface area contributed by atoms with E-state index in [-0.39, 0.29) is 18.1 Å². The SMILES string of the molecule is CC(=O)Nc1ccc(C(=O)COC(=O)CCSc2ccc(F)c(F)c2)cc1. The lowest BCUT2D eigenvalue weighted by atomic mass is 10.1. The smallest absolute Gasteiger partial charge is 0.307 e. The number of rotatable bonds is 8. The number of esters is 1. The molecule has 0 fully saturated rings. The maximum Gasteiger partial charge on any atom is 0.307 e. The van der Waals surface area contributed by atoms with Gasteiger partial charge in [0.2, 0.25) is 5.91 Å². The van der Waals surface area contributed by atoms with Crippen molar-refractivity contribution in [1.29, 1.82) is 0 Å². The molecule has 0 radical (unpaired) electrons. The molecule has 0 heterocycles. The summed E-state index contributed by atoms with van der Waals surface area (Å²) >= 11 is 1.18. The van der Waals surface area contributed by atoms with Crippen molar-refractivity contribution in [1.82, 2.24) is 0 Å². The number of anilines is 1. The number of ketones is 1. The molecule has 2 aromatic rings. The first-order valence-corrected chi connectivity index (χ1v) is 8.98. The highest BCUT2D eigenvalue weighted by Gasteiger charge is 2.11. The summed E-state index contributed by atoms with van der Waals surface area (Å²) in [5, 5.41) is 2.58. The van der Waals surface area contributed by atoms with Crippen molar-refractivity contribution in [3.8, 4) is 0 Å². The van der Waals surface area contributed by atoms with Gasteiger partial charge in [0.1, 0.15) is 0 Å². The van der Waals surface area contributed by atoms with Crippen molar-refractivity contribution in [2.24, 2.45) is 0 Å². The van der Waals surface area contributed by atoms with Gasteiger partial charge in [-0.2, -0.15) is 0 Å². The summed E-state index contributed by atoms with van der Waals surface area (Å²) in [7, 11) is 0. The van der Waals surface area contributed by atoms with Gasteiger partial charge in [-0.25, -0.2) is 8.78 Å². The number of carbonyl (C=O) groups is 3. The zero-order valence-electron chi connectivity index (χ0n) is 14.5. The summed E-state index contributed by atoms with van der Waals surface area (Å²) < 4.78 is 30.8. The number of carbonyl (C=O) groups excluding carboxylic acids is 3. The molecule has 2 aromatic carbocycles. The average molecular weight is 393 g/mol. The maximum absolute atomic E-state index is 13.1. The number of thioether (sulfide) groups is 1. The van der Waals surface area contributed by atoms with Crippen molar-refractivity contribution < 1.29 is 27.9 Å². The Balaban J connectivity index is 1.73. The molecule has 5 nitrogen and oxygen atoms in total. The number of nitrogens with one attached hydrogen (secondary N) is 1. The Hall–Kier alpha value is -2.74. The lowest BCUT2D eigenvalue weighted by Crippen LogP contribution is -2.14. The molecule has 27 heavy (non-hydrogen) atoms. The second kappa shape index (κ2) is 9.82. The first-order valence-electron chi connectivity index (χ1n) is 7.99. The molecule has 0 saturated heterocycles. The van der Waals surface area contributed by atoms with Crippen LogP contribution in [-0.2, 0) is 14.3 Å². The molecule has 0 saturated carbocycles. The molecule has 0 unspecified atom stereocenters. The van der Waals surface area contributed by atoms with Gasteiger partial charge >= 0.3 is 5.97 Å². The van der Waals surface area contributed by atoms with E-state index in [0.29, 0.717) is 21.9 Å². The van der Waals surface area contributed by atoms with E-state index in [2.05, 4.69) is 5.32 Å². The van der Waals surface area contributed by atoms with Crippen molar-refractivity contribution in [2.45, 2.75) is 18.2 Å². The van der Waals surface area contributed by atoms with E-state index in [4.69, 9.17) is 4.74 Å². The number of hydrogen-bond donors (Lipinski definition) is 1. The molecular formula is C19H17F2NO4S. The zero-order valence-corrected chi connectivity index (χ0v) is 15.3. The first kappa shape index (κ1) is 20.6. The Morgan fingerprint density at radius 3 is 2.37 bits per heavy atom. The molecule has 0 aliphatic carbocycles. The second-order valence-electron chi connectivity index (χ2n) is 5.52. The lowest BCUT2D eigenvalue weighted by Gasteiger charge is -2.06. The second-order valence-corrected chi connectivity index (χ2v) is 6.69. The minimum atomic E-state index is -0.947. The van der Waals surface area contributed by atoms with Gasteiger partial charge in [0, 0.05) is 28.8 Å². The fourth-order valence-corrected chi connectivity index (χ4v) is 2.92. The predicted octanol–water partition coefficient (Wildman–Crippen LogP) is 3.83. The molecule has 0 aromatic heterocycles. The molecule has 2 rings (SSSR count). The highest BCUT2D eigenvalue weighted by Crippen LogP contribution is 2.21. The predicted molar refractivity (Wildman–Crippen MR) is 97.7 cm³/mol. The molecule has 0 bridgehead atoms. The van der Waals surface area contributed by atoms with E-state index < -0.39 is 24.2 Å². The summed E-state index contributed by atoms with van der Waals surface area (Å²) in [4.78, 5) is 35.1. The summed E-state index contributed by atoms with van der Waals surface area (Å²) in [6.07, 6.45) is 0.0262. The van der Waals surface area contributed by atoms with Gasteiger partial charge in [-0.3, -0.25) is 14.4 Å². The zero-order chi connectivity index (χ0) is 19.8. The minimum absolute atomic E-state index is 0.0262. The van der Waals surface area contributed by atoms with Crippen LogP contribution < -0.4 is 5.32 Å². The largest absolute Gasteiger partial charge is 0.457 e. The van der Waals surface area contributed by atoms with Gasteiger partial charge in [0.05, 0.1) is 6.42 Å². The van der Waals surface area contributed by atoms with E-state index >= 15 is 0 Å². The third-order valence-electron chi connectivity index (χ3n) is 3.36. The van der Waals surface area contributed by atoms with Gasteiger partial charge < -0.3 is 10.1 Å². The highest BCUT2D eigenvalue weighted by atomic mass is 32.2. The van der Waals surface area contributed by atoms with Gasteiger partial charge in [-0.05, 0) is 42.5 Å². The number of Topliss-reactive ketones (excluding diaryl/α,β-unsaturated/α-hetero) is 1. The molecule has 1 N–H and O–H groups in total. The number of benzene rings is 2. The maximum atomic E-state index is 13.1. The highest BCUT2D eigenvalue weighted by molar-refractivity contribution is 7.99. The van der Waals surface area contributed by atoms with Crippen molar-refractivity contribution in [2.75, 3.05) is 17.7 Å². The molecule has 0 aliphatic heterocycles. The van der Waals surface area contributed by atoms with Crippen molar-refractivity contribution in [3.63, 3.8) is 0 Å². The Bertz CT molecular complexity index is 840. The summed E-state index contributed by atoms with van der Waals surface area (Å²) in [6.45, 7) is 0.984. The third-order valence-corrected chi connectivity index (χ3v) is 4.35. The van der Waals surface area contributed by atoms with Crippen LogP contribution in [0, 0.1) is 11.6 Å². The Kier molecular flexibility index (Phi) is 7.48. The van der Waals surface area contributed by atoms with Crippen LogP contribution in [0.2, 0.25) is 0 Å². The summed E-state index contributed by atoms with van der Waals surface area (Å²) in [6, 6.07) is 9.71. The van der Waals surface area contributed by atoms with Crippen LogP contribution in [-0.4, -0.2) is 30.0 Å². The van der Waals surface area contributed by atoms with Crippen LogP contribution in [0.1, 0.15) is 23.7 Å². The van der Waals surface area contributed by atoms with E-state index in [9.17, 15) is 23.2 Å². The molecule has 1 amide bonds. The molecule has 0 atom stereocenters.